The monoisotopic (exact) mass is 277 g/mol. The van der Waals surface area contributed by atoms with Crippen molar-refractivity contribution in [2.24, 2.45) is 5.84 Å². The molecule has 8 heteroatoms. The SMILES string of the molecule is CCCNC(=O)CN(C)c1nc(NN)cn2ccnc12. The Morgan fingerprint density at radius 1 is 1.55 bits per heavy atom. The van der Waals surface area contributed by atoms with Gasteiger partial charge in [-0.3, -0.25) is 4.79 Å². The largest absolute Gasteiger partial charge is 0.355 e. The first kappa shape index (κ1) is 14.1. The van der Waals surface area contributed by atoms with Gasteiger partial charge < -0.3 is 20.0 Å². The molecule has 4 N–H and O–H groups in total. The minimum atomic E-state index is -0.0491. The number of aromatic nitrogens is 3. The topological polar surface area (TPSA) is 101 Å². The highest BCUT2D eigenvalue weighted by atomic mass is 16.2. The maximum Gasteiger partial charge on any atom is 0.239 e. The zero-order valence-electron chi connectivity index (χ0n) is 11.6. The normalized spacial score (nSPS) is 10.6. The molecule has 0 saturated carbocycles. The van der Waals surface area contributed by atoms with Gasteiger partial charge in [0.15, 0.2) is 17.3 Å². The highest BCUT2D eigenvalue weighted by molar-refractivity contribution is 5.82. The van der Waals surface area contributed by atoms with E-state index in [4.69, 9.17) is 5.84 Å². The second kappa shape index (κ2) is 6.20. The van der Waals surface area contributed by atoms with Gasteiger partial charge in [-0.15, -0.1) is 0 Å². The van der Waals surface area contributed by atoms with Gasteiger partial charge in [-0.1, -0.05) is 6.92 Å². The van der Waals surface area contributed by atoms with E-state index in [9.17, 15) is 4.79 Å². The summed E-state index contributed by atoms with van der Waals surface area (Å²) in [5, 5.41) is 2.83. The molecule has 2 rings (SSSR count). The number of hydrogen-bond donors (Lipinski definition) is 3. The van der Waals surface area contributed by atoms with E-state index in [1.165, 1.54) is 0 Å². The summed E-state index contributed by atoms with van der Waals surface area (Å²) < 4.78 is 1.80. The maximum atomic E-state index is 11.8. The lowest BCUT2D eigenvalue weighted by Gasteiger charge is -2.19. The molecular weight excluding hydrogens is 258 g/mol. The third-order valence-corrected chi connectivity index (χ3v) is 2.82. The number of hydrogen-bond acceptors (Lipinski definition) is 6. The Balaban J connectivity index is 2.22. The van der Waals surface area contributed by atoms with Crippen molar-refractivity contribution >= 4 is 23.2 Å². The van der Waals surface area contributed by atoms with Crippen molar-refractivity contribution in [1.82, 2.24) is 19.7 Å². The van der Waals surface area contributed by atoms with E-state index < -0.39 is 0 Å². The zero-order valence-corrected chi connectivity index (χ0v) is 11.6. The van der Waals surface area contributed by atoms with Crippen molar-refractivity contribution in [2.75, 3.05) is 30.5 Å². The van der Waals surface area contributed by atoms with Gasteiger partial charge in [0, 0.05) is 26.0 Å². The van der Waals surface area contributed by atoms with Crippen LogP contribution in [-0.2, 0) is 4.79 Å². The van der Waals surface area contributed by atoms with Gasteiger partial charge in [0.25, 0.3) is 0 Å². The molecule has 0 atom stereocenters. The summed E-state index contributed by atoms with van der Waals surface area (Å²) in [6.45, 7) is 2.89. The molecule has 8 nitrogen and oxygen atoms in total. The Labute approximate surface area is 117 Å². The van der Waals surface area contributed by atoms with E-state index in [-0.39, 0.29) is 12.5 Å². The molecule has 0 aromatic carbocycles. The predicted molar refractivity (Wildman–Crippen MR) is 77.4 cm³/mol. The standard InChI is InChI=1S/C12H19N7O/c1-3-4-14-10(20)8-18(2)12-11-15-5-6-19(11)7-9(16-12)17-13/h5-7,17H,3-4,8,13H2,1-2H3,(H,14,20). The Bertz CT molecular complexity index is 595. The molecule has 0 saturated heterocycles. The predicted octanol–water partition coefficient (Wildman–Crippen LogP) is -0.0227. The number of fused-ring (bicyclic) bond motifs is 1. The summed E-state index contributed by atoms with van der Waals surface area (Å²) >= 11 is 0. The third kappa shape index (κ3) is 2.97. The van der Waals surface area contributed by atoms with Crippen LogP contribution in [0.3, 0.4) is 0 Å². The van der Waals surface area contributed by atoms with Crippen LogP contribution in [0.25, 0.3) is 5.65 Å². The third-order valence-electron chi connectivity index (χ3n) is 2.82. The molecule has 1 amide bonds. The number of hydrazine groups is 1. The van der Waals surface area contributed by atoms with Crippen LogP contribution in [0.4, 0.5) is 11.6 Å². The van der Waals surface area contributed by atoms with E-state index in [0.29, 0.717) is 23.8 Å². The van der Waals surface area contributed by atoms with Crippen LogP contribution in [0.2, 0.25) is 0 Å². The molecule has 0 spiro atoms. The van der Waals surface area contributed by atoms with Crippen molar-refractivity contribution in [2.45, 2.75) is 13.3 Å². The summed E-state index contributed by atoms with van der Waals surface area (Å²) in [5.41, 5.74) is 3.18. The van der Waals surface area contributed by atoms with Crippen LogP contribution in [0.5, 0.6) is 0 Å². The lowest BCUT2D eigenvalue weighted by molar-refractivity contribution is -0.119. The Morgan fingerprint density at radius 2 is 2.35 bits per heavy atom. The molecule has 0 aliphatic heterocycles. The van der Waals surface area contributed by atoms with Crippen molar-refractivity contribution in [1.29, 1.82) is 0 Å². The molecule has 2 heterocycles. The first-order chi connectivity index (χ1) is 9.65. The second-order valence-corrected chi connectivity index (χ2v) is 4.46. The average Bonchev–Trinajstić information content (AvgIpc) is 2.91. The maximum absolute atomic E-state index is 11.8. The Morgan fingerprint density at radius 3 is 3.05 bits per heavy atom. The zero-order chi connectivity index (χ0) is 14.5. The van der Waals surface area contributed by atoms with E-state index in [1.807, 2.05) is 6.92 Å². The number of anilines is 2. The number of amides is 1. The summed E-state index contributed by atoms with van der Waals surface area (Å²) in [4.78, 5) is 22.1. The first-order valence-corrected chi connectivity index (χ1v) is 6.44. The van der Waals surface area contributed by atoms with Crippen LogP contribution in [0.15, 0.2) is 18.6 Å². The molecule has 0 unspecified atom stereocenters. The molecular formula is C12H19N7O. The highest BCUT2D eigenvalue weighted by Gasteiger charge is 2.14. The van der Waals surface area contributed by atoms with E-state index >= 15 is 0 Å². The summed E-state index contributed by atoms with van der Waals surface area (Å²) in [6.07, 6.45) is 6.11. The first-order valence-electron chi connectivity index (χ1n) is 6.44. The number of carbonyl (C=O) groups excluding carboxylic acids is 1. The van der Waals surface area contributed by atoms with E-state index in [2.05, 4.69) is 20.7 Å². The smallest absolute Gasteiger partial charge is 0.239 e. The summed E-state index contributed by atoms with van der Waals surface area (Å²) in [6, 6.07) is 0. The molecule has 0 aliphatic carbocycles. The molecule has 20 heavy (non-hydrogen) atoms. The van der Waals surface area contributed by atoms with Gasteiger partial charge in [0.1, 0.15) is 0 Å². The van der Waals surface area contributed by atoms with Gasteiger partial charge in [0.2, 0.25) is 5.91 Å². The number of nitrogens with one attached hydrogen (secondary N) is 2. The van der Waals surface area contributed by atoms with Crippen LogP contribution in [0, 0.1) is 0 Å². The highest BCUT2D eigenvalue weighted by Crippen LogP contribution is 2.18. The van der Waals surface area contributed by atoms with Gasteiger partial charge in [-0.25, -0.2) is 15.8 Å². The van der Waals surface area contributed by atoms with E-state index in [0.717, 1.165) is 6.42 Å². The molecule has 0 radical (unpaired) electrons. The summed E-state index contributed by atoms with van der Waals surface area (Å²) in [7, 11) is 1.79. The molecule has 0 fully saturated rings. The summed E-state index contributed by atoms with van der Waals surface area (Å²) in [5.74, 6) is 6.45. The Kier molecular flexibility index (Phi) is 4.36. The van der Waals surface area contributed by atoms with Gasteiger partial charge in [-0.2, -0.15) is 0 Å². The number of rotatable bonds is 6. The molecule has 2 aromatic rings. The second-order valence-electron chi connectivity index (χ2n) is 4.46. The van der Waals surface area contributed by atoms with Crippen LogP contribution in [-0.4, -0.2) is 40.4 Å². The van der Waals surface area contributed by atoms with Gasteiger partial charge in [0.05, 0.1) is 12.7 Å². The van der Waals surface area contributed by atoms with Crippen molar-refractivity contribution in [3.8, 4) is 0 Å². The van der Waals surface area contributed by atoms with Gasteiger partial charge >= 0.3 is 0 Å². The number of nitrogens with zero attached hydrogens (tertiary/aromatic N) is 4. The van der Waals surface area contributed by atoms with Crippen LogP contribution in [0.1, 0.15) is 13.3 Å². The van der Waals surface area contributed by atoms with Crippen molar-refractivity contribution in [3.05, 3.63) is 18.6 Å². The van der Waals surface area contributed by atoms with Gasteiger partial charge in [-0.05, 0) is 6.42 Å². The van der Waals surface area contributed by atoms with E-state index in [1.54, 1.807) is 34.9 Å². The Hall–Kier alpha value is -2.35. The number of nitrogens with two attached hydrogens (primary N) is 1. The lowest BCUT2D eigenvalue weighted by Crippen LogP contribution is -2.36. The molecule has 0 bridgehead atoms. The molecule has 2 aromatic heterocycles. The van der Waals surface area contributed by atoms with Crippen LogP contribution < -0.4 is 21.5 Å². The lowest BCUT2D eigenvalue weighted by atomic mass is 10.4. The minimum Gasteiger partial charge on any atom is -0.355 e. The fourth-order valence-corrected chi connectivity index (χ4v) is 1.85. The number of carbonyl (C=O) groups is 1. The number of imidazole rings is 1. The molecule has 0 aliphatic rings. The fraction of sp³-hybridized carbons (Fsp3) is 0.417. The molecule has 108 valence electrons. The fourth-order valence-electron chi connectivity index (χ4n) is 1.85. The van der Waals surface area contributed by atoms with Crippen molar-refractivity contribution < 1.29 is 4.79 Å². The minimum absolute atomic E-state index is 0.0491. The van der Waals surface area contributed by atoms with Crippen molar-refractivity contribution in [3.63, 3.8) is 0 Å². The van der Waals surface area contributed by atoms with Crippen LogP contribution >= 0.6 is 0 Å². The number of likely N-dealkylation sites (N-methyl/N-ethyl adjacent to an activating group) is 1. The number of nitrogen functional groups attached to an aromatic ring is 1. The average molecular weight is 277 g/mol. The quantitative estimate of drug-likeness (QED) is 0.507.